The van der Waals surface area contributed by atoms with Gasteiger partial charge in [-0.25, -0.2) is 0 Å². The van der Waals surface area contributed by atoms with Gasteiger partial charge in [0.15, 0.2) is 0 Å². The van der Waals surface area contributed by atoms with Crippen LogP contribution in [0.25, 0.3) is 0 Å². The largest absolute Gasteiger partial charge is 0.409 e. The highest BCUT2D eigenvalue weighted by Gasteiger charge is 2.30. The number of nitrogens with two attached hydrogens (primary N) is 1. The number of hydrogen-bond donors (Lipinski definition) is 4. The van der Waals surface area contributed by atoms with Gasteiger partial charge in [-0.3, -0.25) is 0 Å². The average Bonchev–Trinajstić information content (AvgIpc) is 2.39. The summed E-state index contributed by atoms with van der Waals surface area (Å²) < 4.78 is 5.29. The molecule has 100 valence electrons. The number of unbranched alkanes of at least 4 members (excludes halogenated alkanes) is 1. The summed E-state index contributed by atoms with van der Waals surface area (Å²) in [5.74, 6) is 0.271. The first kappa shape index (κ1) is 14.2. The molecule has 17 heavy (non-hydrogen) atoms. The summed E-state index contributed by atoms with van der Waals surface area (Å²) in [6.07, 6.45) is 4.13. The van der Waals surface area contributed by atoms with Gasteiger partial charge in [0, 0.05) is 25.2 Å². The van der Waals surface area contributed by atoms with E-state index in [1.165, 1.54) is 0 Å². The van der Waals surface area contributed by atoms with Crippen LogP contribution < -0.4 is 11.1 Å². The van der Waals surface area contributed by atoms with Gasteiger partial charge in [0.2, 0.25) is 0 Å². The Balaban J connectivity index is 2.15. The predicted molar refractivity (Wildman–Crippen MR) is 65.1 cm³/mol. The predicted octanol–water partition coefficient (Wildman–Crippen LogP) is 0.0342. The zero-order valence-corrected chi connectivity index (χ0v) is 10.2. The Morgan fingerprint density at radius 3 is 2.65 bits per heavy atom. The van der Waals surface area contributed by atoms with Crippen molar-refractivity contribution in [2.45, 2.75) is 37.6 Å². The standard InChI is InChI=1S/C11H23N3O3/c12-10(14-16)3-1-2-6-13-11(9-15)4-7-17-8-5-11/h13,15-16H,1-9H2,(H2,12,14). The van der Waals surface area contributed by atoms with Crippen LogP contribution in [0.1, 0.15) is 32.1 Å². The molecule has 1 fully saturated rings. The number of amidine groups is 1. The first-order chi connectivity index (χ1) is 8.22. The van der Waals surface area contributed by atoms with E-state index in [9.17, 15) is 5.11 Å². The Kier molecular flexibility index (Phi) is 6.25. The Morgan fingerprint density at radius 1 is 1.35 bits per heavy atom. The highest BCUT2D eigenvalue weighted by atomic mass is 16.5. The number of ether oxygens (including phenoxy) is 1. The molecular formula is C11H23N3O3. The van der Waals surface area contributed by atoms with E-state index in [1.807, 2.05) is 0 Å². The fourth-order valence-corrected chi connectivity index (χ4v) is 1.99. The van der Waals surface area contributed by atoms with Crippen LogP contribution in [0.4, 0.5) is 0 Å². The SMILES string of the molecule is NC(CCCCNC1(CO)CCOCC1)=NO. The maximum atomic E-state index is 9.43. The Bertz CT molecular complexity index is 240. The molecule has 0 atom stereocenters. The molecule has 6 heteroatoms. The number of aliphatic hydroxyl groups excluding tert-OH is 1. The highest BCUT2D eigenvalue weighted by Crippen LogP contribution is 2.19. The van der Waals surface area contributed by atoms with Gasteiger partial charge in [0.05, 0.1) is 6.61 Å². The number of oxime groups is 1. The molecule has 0 unspecified atom stereocenters. The van der Waals surface area contributed by atoms with Gasteiger partial charge in [-0.2, -0.15) is 0 Å². The van der Waals surface area contributed by atoms with Crippen LogP contribution in [0.3, 0.4) is 0 Å². The minimum atomic E-state index is -0.172. The number of hydrogen-bond acceptors (Lipinski definition) is 5. The molecule has 5 N–H and O–H groups in total. The minimum Gasteiger partial charge on any atom is -0.409 e. The molecule has 0 aromatic rings. The lowest BCUT2D eigenvalue weighted by molar-refractivity contribution is 0.0120. The van der Waals surface area contributed by atoms with Crippen molar-refractivity contribution >= 4 is 5.84 Å². The van der Waals surface area contributed by atoms with E-state index < -0.39 is 0 Å². The summed E-state index contributed by atoms with van der Waals surface area (Å²) >= 11 is 0. The lowest BCUT2D eigenvalue weighted by Crippen LogP contribution is -2.52. The molecule has 1 aliphatic heterocycles. The second kappa shape index (κ2) is 7.47. The van der Waals surface area contributed by atoms with Crippen molar-refractivity contribution in [3.63, 3.8) is 0 Å². The van der Waals surface area contributed by atoms with Crippen LogP contribution in [-0.2, 0) is 4.74 Å². The maximum absolute atomic E-state index is 9.43. The third-order valence-corrected chi connectivity index (χ3v) is 3.24. The fraction of sp³-hybridized carbons (Fsp3) is 0.909. The molecule has 6 nitrogen and oxygen atoms in total. The van der Waals surface area contributed by atoms with E-state index in [0.717, 1.165) is 32.2 Å². The number of rotatable bonds is 7. The van der Waals surface area contributed by atoms with Gasteiger partial charge in [-0.05, 0) is 32.2 Å². The lowest BCUT2D eigenvalue weighted by atomic mass is 9.91. The highest BCUT2D eigenvalue weighted by molar-refractivity contribution is 5.79. The zero-order valence-electron chi connectivity index (χ0n) is 10.2. The number of nitrogens with one attached hydrogen (secondary N) is 1. The first-order valence-corrected chi connectivity index (χ1v) is 6.12. The summed E-state index contributed by atoms with van der Waals surface area (Å²) in [4.78, 5) is 0. The molecule has 0 radical (unpaired) electrons. The van der Waals surface area contributed by atoms with Crippen molar-refractivity contribution in [1.82, 2.24) is 5.32 Å². The summed E-state index contributed by atoms with van der Waals surface area (Å²) in [5, 5.41) is 24.1. The summed E-state index contributed by atoms with van der Waals surface area (Å²) in [6.45, 7) is 2.39. The van der Waals surface area contributed by atoms with Crippen LogP contribution in [0, 0.1) is 0 Å². The van der Waals surface area contributed by atoms with Gasteiger partial charge in [-0.15, -0.1) is 0 Å². The van der Waals surface area contributed by atoms with Gasteiger partial charge in [0.1, 0.15) is 5.84 Å². The molecule has 1 rings (SSSR count). The molecule has 0 aromatic heterocycles. The van der Waals surface area contributed by atoms with Gasteiger partial charge in [-0.1, -0.05) is 5.16 Å². The second-order valence-electron chi connectivity index (χ2n) is 4.53. The van der Waals surface area contributed by atoms with Gasteiger partial charge >= 0.3 is 0 Å². The molecule has 1 aliphatic rings. The van der Waals surface area contributed by atoms with E-state index in [2.05, 4.69) is 10.5 Å². The molecule has 0 saturated carbocycles. The maximum Gasteiger partial charge on any atom is 0.139 e. The van der Waals surface area contributed by atoms with E-state index >= 15 is 0 Å². The normalized spacial score (nSPS) is 20.4. The molecular weight excluding hydrogens is 222 g/mol. The molecule has 1 heterocycles. The molecule has 0 bridgehead atoms. The van der Waals surface area contributed by atoms with Gasteiger partial charge in [0.25, 0.3) is 0 Å². The second-order valence-corrected chi connectivity index (χ2v) is 4.53. The smallest absolute Gasteiger partial charge is 0.139 e. The number of nitrogens with zero attached hydrogens (tertiary/aromatic N) is 1. The summed E-state index contributed by atoms with van der Waals surface area (Å²) in [6, 6.07) is 0. The van der Waals surface area contributed by atoms with Crippen LogP contribution >= 0.6 is 0 Å². The van der Waals surface area contributed by atoms with Crippen molar-refractivity contribution in [3.05, 3.63) is 0 Å². The van der Waals surface area contributed by atoms with E-state index in [-0.39, 0.29) is 18.0 Å². The third kappa shape index (κ3) is 4.89. The number of aliphatic hydroxyl groups is 1. The Hall–Kier alpha value is -0.850. The minimum absolute atomic E-state index is 0.149. The van der Waals surface area contributed by atoms with E-state index in [1.54, 1.807) is 0 Å². The fourth-order valence-electron chi connectivity index (χ4n) is 1.99. The molecule has 1 saturated heterocycles. The lowest BCUT2D eigenvalue weighted by Gasteiger charge is -2.36. The average molecular weight is 245 g/mol. The van der Waals surface area contributed by atoms with Crippen molar-refractivity contribution in [2.75, 3.05) is 26.4 Å². The molecule has 0 spiro atoms. The quantitative estimate of drug-likeness (QED) is 0.167. The zero-order chi connectivity index (χ0) is 12.6. The van der Waals surface area contributed by atoms with E-state index in [4.69, 9.17) is 15.7 Å². The Labute approximate surface area is 102 Å². The van der Waals surface area contributed by atoms with Crippen LogP contribution in [0.15, 0.2) is 5.16 Å². The molecule has 0 amide bonds. The van der Waals surface area contributed by atoms with Crippen molar-refractivity contribution < 1.29 is 15.1 Å². The van der Waals surface area contributed by atoms with Crippen LogP contribution in [0.2, 0.25) is 0 Å². The third-order valence-electron chi connectivity index (χ3n) is 3.24. The van der Waals surface area contributed by atoms with Crippen LogP contribution in [0.5, 0.6) is 0 Å². The molecule has 0 aromatic carbocycles. The first-order valence-electron chi connectivity index (χ1n) is 6.12. The van der Waals surface area contributed by atoms with Crippen molar-refractivity contribution in [2.24, 2.45) is 10.9 Å². The van der Waals surface area contributed by atoms with Crippen molar-refractivity contribution in [3.8, 4) is 0 Å². The topological polar surface area (TPSA) is 100 Å². The van der Waals surface area contributed by atoms with E-state index in [0.29, 0.717) is 19.6 Å². The van der Waals surface area contributed by atoms with Gasteiger partial charge < -0.3 is 26.1 Å². The Morgan fingerprint density at radius 2 is 2.06 bits per heavy atom. The summed E-state index contributed by atoms with van der Waals surface area (Å²) in [5.41, 5.74) is 5.20. The molecule has 0 aliphatic carbocycles. The monoisotopic (exact) mass is 245 g/mol. The van der Waals surface area contributed by atoms with Crippen molar-refractivity contribution in [1.29, 1.82) is 0 Å². The summed E-state index contributed by atoms with van der Waals surface area (Å²) in [7, 11) is 0. The van der Waals surface area contributed by atoms with Crippen LogP contribution in [-0.4, -0.2) is 48.1 Å².